The molecular weight excluding hydrogens is 175 g/mol. The van der Waals surface area contributed by atoms with Crippen LogP contribution in [0.5, 0.6) is 0 Å². The summed E-state index contributed by atoms with van der Waals surface area (Å²) in [6.07, 6.45) is 2.41. The molecule has 0 atom stereocenters. The van der Waals surface area contributed by atoms with E-state index in [2.05, 4.69) is 20.8 Å². The van der Waals surface area contributed by atoms with Crippen LogP contribution < -0.4 is 0 Å². The van der Waals surface area contributed by atoms with Gasteiger partial charge in [-0.25, -0.2) is 4.39 Å². The molecule has 0 nitrogen and oxygen atoms in total. The van der Waals surface area contributed by atoms with Gasteiger partial charge in [-0.2, -0.15) is 0 Å². The van der Waals surface area contributed by atoms with E-state index in [1.807, 2.05) is 18.2 Å². The summed E-state index contributed by atoms with van der Waals surface area (Å²) >= 11 is 0. The van der Waals surface area contributed by atoms with Gasteiger partial charge in [0.25, 0.3) is 0 Å². The van der Waals surface area contributed by atoms with Crippen molar-refractivity contribution in [1.29, 1.82) is 0 Å². The highest BCUT2D eigenvalue weighted by molar-refractivity contribution is 5.71. The zero-order chi connectivity index (χ0) is 10.3. The zero-order valence-electron chi connectivity index (χ0n) is 8.89. The van der Waals surface area contributed by atoms with Gasteiger partial charge < -0.3 is 0 Å². The summed E-state index contributed by atoms with van der Waals surface area (Å²) in [6, 6.07) is 6.05. The van der Waals surface area contributed by atoms with Crippen LogP contribution in [0.4, 0.5) is 4.39 Å². The van der Waals surface area contributed by atoms with Gasteiger partial charge in [0.1, 0.15) is 5.83 Å². The van der Waals surface area contributed by atoms with Crippen LogP contribution in [0, 0.1) is 0 Å². The third kappa shape index (κ3) is 1.37. The van der Waals surface area contributed by atoms with Gasteiger partial charge in [-0.05, 0) is 29.0 Å². The van der Waals surface area contributed by atoms with Crippen LogP contribution in [0.2, 0.25) is 0 Å². The van der Waals surface area contributed by atoms with Crippen molar-refractivity contribution < 1.29 is 4.39 Å². The molecule has 1 aromatic carbocycles. The standard InChI is InChI=1S/C13H15F/c1-13(2,3)10-6-4-5-9-7-8-11(14)12(9)10/h4-6,8H,7H2,1-3H3. The fraction of sp³-hybridized carbons (Fsp3) is 0.385. The molecule has 0 radical (unpaired) electrons. The Balaban J connectivity index is 2.64. The number of halogens is 1. The number of hydrogen-bond donors (Lipinski definition) is 0. The van der Waals surface area contributed by atoms with E-state index >= 15 is 0 Å². The SMILES string of the molecule is CC(C)(C)c1cccc2c1C(F)=CC2. The van der Waals surface area contributed by atoms with Gasteiger partial charge in [0.2, 0.25) is 0 Å². The molecule has 1 aliphatic carbocycles. The number of hydrogen-bond acceptors (Lipinski definition) is 0. The Morgan fingerprint density at radius 2 is 1.93 bits per heavy atom. The van der Waals surface area contributed by atoms with Crippen molar-refractivity contribution in [2.75, 3.05) is 0 Å². The molecular formula is C13H15F. The highest BCUT2D eigenvalue weighted by Crippen LogP contribution is 2.37. The lowest BCUT2D eigenvalue weighted by molar-refractivity contribution is 0.585. The lowest BCUT2D eigenvalue weighted by atomic mass is 9.83. The normalized spacial score (nSPS) is 15.3. The number of benzene rings is 1. The fourth-order valence-corrected chi connectivity index (χ4v) is 1.98. The molecule has 1 heteroatoms. The highest BCUT2D eigenvalue weighted by atomic mass is 19.1. The predicted molar refractivity (Wildman–Crippen MR) is 57.9 cm³/mol. The van der Waals surface area contributed by atoms with E-state index in [-0.39, 0.29) is 11.2 Å². The maximum absolute atomic E-state index is 13.6. The lowest BCUT2D eigenvalue weighted by Crippen LogP contribution is -2.13. The predicted octanol–water partition coefficient (Wildman–Crippen LogP) is 3.85. The van der Waals surface area contributed by atoms with Crippen LogP contribution in [0.1, 0.15) is 37.5 Å². The first kappa shape index (κ1) is 9.45. The summed E-state index contributed by atoms with van der Waals surface area (Å²) in [5.41, 5.74) is 3.08. The Morgan fingerprint density at radius 1 is 1.21 bits per heavy atom. The molecule has 0 aliphatic heterocycles. The van der Waals surface area contributed by atoms with Crippen LogP contribution in [0.15, 0.2) is 24.3 Å². The van der Waals surface area contributed by atoms with E-state index in [4.69, 9.17) is 0 Å². The first-order valence-electron chi connectivity index (χ1n) is 4.98. The average molecular weight is 190 g/mol. The molecule has 0 bridgehead atoms. The van der Waals surface area contributed by atoms with Crippen molar-refractivity contribution in [1.82, 2.24) is 0 Å². The minimum absolute atomic E-state index is 0.0147. The Kier molecular flexibility index (Phi) is 1.99. The van der Waals surface area contributed by atoms with Crippen LogP contribution in [0.25, 0.3) is 5.83 Å². The van der Waals surface area contributed by atoms with Crippen LogP contribution >= 0.6 is 0 Å². The van der Waals surface area contributed by atoms with Gasteiger partial charge in [0.15, 0.2) is 0 Å². The summed E-state index contributed by atoms with van der Waals surface area (Å²) in [6.45, 7) is 6.36. The van der Waals surface area contributed by atoms with Gasteiger partial charge in [0, 0.05) is 5.56 Å². The molecule has 74 valence electrons. The van der Waals surface area contributed by atoms with Crippen LogP contribution in [-0.4, -0.2) is 0 Å². The molecule has 1 aliphatic rings. The Morgan fingerprint density at radius 3 is 2.57 bits per heavy atom. The Bertz CT molecular complexity index is 394. The monoisotopic (exact) mass is 190 g/mol. The molecule has 0 N–H and O–H groups in total. The quantitative estimate of drug-likeness (QED) is 0.583. The maximum Gasteiger partial charge on any atom is 0.127 e. The Labute approximate surface area is 84.5 Å². The molecule has 14 heavy (non-hydrogen) atoms. The number of allylic oxidation sites excluding steroid dienone is 1. The molecule has 0 spiro atoms. The second kappa shape index (κ2) is 2.94. The van der Waals surface area contributed by atoms with E-state index < -0.39 is 0 Å². The van der Waals surface area contributed by atoms with Crippen molar-refractivity contribution in [3.05, 3.63) is 41.0 Å². The van der Waals surface area contributed by atoms with Crippen LogP contribution in [0.3, 0.4) is 0 Å². The van der Waals surface area contributed by atoms with Gasteiger partial charge in [0.05, 0.1) is 0 Å². The lowest BCUT2D eigenvalue weighted by Gasteiger charge is -2.22. The third-order valence-electron chi connectivity index (χ3n) is 2.70. The van der Waals surface area contributed by atoms with Crippen molar-refractivity contribution >= 4 is 5.83 Å². The van der Waals surface area contributed by atoms with Gasteiger partial charge in [-0.3, -0.25) is 0 Å². The van der Waals surface area contributed by atoms with Crippen molar-refractivity contribution in [3.63, 3.8) is 0 Å². The molecule has 1 aromatic rings. The first-order chi connectivity index (χ1) is 6.50. The van der Waals surface area contributed by atoms with Crippen molar-refractivity contribution in [2.24, 2.45) is 0 Å². The van der Waals surface area contributed by atoms with Gasteiger partial charge in [-0.1, -0.05) is 39.0 Å². The molecule has 0 fully saturated rings. The largest absolute Gasteiger partial charge is 0.207 e. The van der Waals surface area contributed by atoms with E-state index in [1.54, 1.807) is 6.08 Å². The summed E-state index contributed by atoms with van der Waals surface area (Å²) in [7, 11) is 0. The molecule has 0 unspecified atom stereocenters. The molecule has 0 saturated carbocycles. The maximum atomic E-state index is 13.6. The summed E-state index contributed by atoms with van der Waals surface area (Å²) < 4.78 is 13.6. The van der Waals surface area contributed by atoms with E-state index in [1.165, 1.54) is 0 Å². The van der Waals surface area contributed by atoms with Gasteiger partial charge >= 0.3 is 0 Å². The fourth-order valence-electron chi connectivity index (χ4n) is 1.98. The second-order valence-corrected chi connectivity index (χ2v) is 4.85. The van der Waals surface area contributed by atoms with E-state index in [0.717, 1.165) is 23.1 Å². The third-order valence-corrected chi connectivity index (χ3v) is 2.70. The van der Waals surface area contributed by atoms with Gasteiger partial charge in [-0.15, -0.1) is 0 Å². The van der Waals surface area contributed by atoms with E-state index in [0.29, 0.717) is 0 Å². The second-order valence-electron chi connectivity index (χ2n) is 4.85. The number of fused-ring (bicyclic) bond motifs is 1. The first-order valence-corrected chi connectivity index (χ1v) is 4.98. The Hall–Kier alpha value is -1.11. The summed E-state index contributed by atoms with van der Waals surface area (Å²) in [5.74, 6) is -0.0504. The molecule has 0 saturated heterocycles. The molecule has 2 rings (SSSR count). The topological polar surface area (TPSA) is 0 Å². The van der Waals surface area contributed by atoms with Crippen LogP contribution in [-0.2, 0) is 11.8 Å². The minimum Gasteiger partial charge on any atom is -0.207 e. The molecule has 0 heterocycles. The molecule has 0 aromatic heterocycles. The summed E-state index contributed by atoms with van der Waals surface area (Å²) in [5, 5.41) is 0. The zero-order valence-corrected chi connectivity index (χ0v) is 8.89. The van der Waals surface area contributed by atoms with Crippen molar-refractivity contribution in [3.8, 4) is 0 Å². The molecule has 0 amide bonds. The highest BCUT2D eigenvalue weighted by Gasteiger charge is 2.24. The summed E-state index contributed by atoms with van der Waals surface area (Å²) in [4.78, 5) is 0. The minimum atomic E-state index is -0.0504. The van der Waals surface area contributed by atoms with Crippen molar-refractivity contribution in [2.45, 2.75) is 32.6 Å². The smallest absolute Gasteiger partial charge is 0.127 e. The number of rotatable bonds is 0. The van der Waals surface area contributed by atoms with E-state index in [9.17, 15) is 4.39 Å². The average Bonchev–Trinajstić information content (AvgIpc) is 2.46.